The highest BCUT2D eigenvalue weighted by Crippen LogP contribution is 2.31. The summed E-state index contributed by atoms with van der Waals surface area (Å²) in [6, 6.07) is 9.65. The van der Waals surface area contributed by atoms with Crippen LogP contribution in [0.2, 0.25) is 5.02 Å². The van der Waals surface area contributed by atoms with Gasteiger partial charge in [-0.25, -0.2) is 13.2 Å². The number of hydrogen-bond acceptors (Lipinski definition) is 6. The maximum atomic E-state index is 13.5. The van der Waals surface area contributed by atoms with Crippen molar-refractivity contribution in [3.8, 4) is 5.75 Å². The van der Waals surface area contributed by atoms with Crippen LogP contribution in [0.1, 0.15) is 38.1 Å². The molecular weight excluding hydrogens is 532 g/mol. The molecule has 3 N–H and O–H groups in total. The van der Waals surface area contributed by atoms with Gasteiger partial charge in [-0.15, -0.1) is 0 Å². The van der Waals surface area contributed by atoms with Crippen molar-refractivity contribution in [3.05, 3.63) is 53.1 Å². The number of amides is 3. The van der Waals surface area contributed by atoms with Crippen LogP contribution >= 0.6 is 11.6 Å². The highest BCUT2D eigenvalue weighted by Gasteiger charge is 2.35. The number of nitrogens with zero attached hydrogens (tertiary/aromatic N) is 2. The number of carbonyl (C=O) groups excluding carboxylic acids is 2. The maximum absolute atomic E-state index is 13.5. The van der Waals surface area contributed by atoms with E-state index in [1.54, 1.807) is 24.0 Å². The third-order valence-corrected chi connectivity index (χ3v) is 8.39. The quantitative estimate of drug-likeness (QED) is 0.449. The van der Waals surface area contributed by atoms with E-state index >= 15 is 0 Å². The smallest absolute Gasteiger partial charge is 0.319 e. The first-order valence-electron chi connectivity index (χ1n) is 12.4. The number of halogens is 1. The van der Waals surface area contributed by atoms with Crippen molar-refractivity contribution in [2.24, 2.45) is 5.92 Å². The molecule has 0 aromatic heterocycles. The van der Waals surface area contributed by atoms with Crippen molar-refractivity contribution in [2.45, 2.75) is 50.8 Å². The van der Waals surface area contributed by atoms with E-state index in [0.29, 0.717) is 10.7 Å². The number of aliphatic hydroxyl groups is 1. The Bertz CT molecular complexity index is 1250. The van der Waals surface area contributed by atoms with Crippen LogP contribution in [0.4, 0.5) is 10.5 Å². The molecule has 3 amide bonds. The van der Waals surface area contributed by atoms with Gasteiger partial charge in [0.2, 0.25) is 10.0 Å². The van der Waals surface area contributed by atoms with Crippen LogP contribution in [0.25, 0.3) is 0 Å². The van der Waals surface area contributed by atoms with Crippen LogP contribution in [0.3, 0.4) is 0 Å². The molecule has 1 aliphatic rings. The second-order valence-corrected chi connectivity index (χ2v) is 12.3. The Morgan fingerprint density at radius 1 is 1.21 bits per heavy atom. The number of anilines is 1. The predicted octanol–water partition coefficient (Wildman–Crippen LogP) is 3.41. The summed E-state index contributed by atoms with van der Waals surface area (Å²) in [4.78, 5) is 27.4. The molecule has 3 rings (SSSR count). The molecule has 208 valence electrons. The Hall–Kier alpha value is -2.86. The minimum atomic E-state index is -3.83. The van der Waals surface area contributed by atoms with Gasteiger partial charge in [-0.2, -0.15) is 4.31 Å². The van der Waals surface area contributed by atoms with Crippen LogP contribution in [0, 0.1) is 5.92 Å². The summed E-state index contributed by atoms with van der Waals surface area (Å²) in [5.74, 6) is -0.380. The van der Waals surface area contributed by atoms with Gasteiger partial charge in [0.05, 0.1) is 29.7 Å². The van der Waals surface area contributed by atoms with Gasteiger partial charge in [0.1, 0.15) is 11.9 Å². The molecule has 0 saturated carbocycles. The van der Waals surface area contributed by atoms with Gasteiger partial charge in [0.15, 0.2) is 0 Å². The van der Waals surface area contributed by atoms with E-state index < -0.39 is 28.2 Å². The van der Waals surface area contributed by atoms with E-state index in [2.05, 4.69) is 10.6 Å². The number of aliphatic hydroxyl groups excluding tert-OH is 1. The minimum Gasteiger partial charge on any atom is -0.488 e. The van der Waals surface area contributed by atoms with Crippen LogP contribution in [0.15, 0.2) is 47.4 Å². The molecule has 10 nitrogen and oxygen atoms in total. The topological polar surface area (TPSA) is 128 Å². The van der Waals surface area contributed by atoms with Crippen molar-refractivity contribution < 1.29 is 27.9 Å². The zero-order chi connectivity index (χ0) is 28.2. The Morgan fingerprint density at radius 2 is 1.87 bits per heavy atom. The molecule has 0 bridgehead atoms. The van der Waals surface area contributed by atoms with Crippen molar-refractivity contribution in [2.75, 3.05) is 32.1 Å². The summed E-state index contributed by atoms with van der Waals surface area (Å²) < 4.78 is 33.9. The minimum absolute atomic E-state index is 0.0118. The average molecular weight is 567 g/mol. The molecule has 1 heterocycles. The molecule has 0 radical (unpaired) electrons. The number of carbonyl (C=O) groups is 2. The van der Waals surface area contributed by atoms with E-state index in [4.69, 9.17) is 16.3 Å². The molecule has 3 atom stereocenters. The molecule has 12 heteroatoms. The van der Waals surface area contributed by atoms with Gasteiger partial charge in [0, 0.05) is 36.3 Å². The van der Waals surface area contributed by atoms with E-state index in [9.17, 15) is 23.1 Å². The zero-order valence-corrected chi connectivity index (χ0v) is 23.7. The van der Waals surface area contributed by atoms with Crippen molar-refractivity contribution in [1.82, 2.24) is 14.5 Å². The number of sulfonamides is 1. The lowest BCUT2D eigenvalue weighted by Crippen LogP contribution is -2.50. The standard InChI is InChI=1S/C26H35ClN4O6S/c1-16(2)28-26(34)29-20-8-11-23-22(12-20)25(33)31(18(4)15-32)13-17(3)24(37-23)14-30(5)38(35,36)21-9-6-19(27)7-10-21/h6-12,16-18,24,32H,13-15H2,1-5H3,(H2,28,29,34)/t17-,18-,24-/m0/s1. The van der Waals surface area contributed by atoms with Crippen LogP contribution < -0.4 is 15.4 Å². The molecule has 0 unspecified atom stereocenters. The van der Waals surface area contributed by atoms with Gasteiger partial charge in [-0.3, -0.25) is 4.79 Å². The number of nitrogens with one attached hydrogen (secondary N) is 2. The second kappa shape index (κ2) is 12.3. The molecule has 38 heavy (non-hydrogen) atoms. The average Bonchev–Trinajstić information content (AvgIpc) is 2.85. The van der Waals surface area contributed by atoms with Gasteiger partial charge < -0.3 is 25.4 Å². The SMILES string of the molecule is CC(C)NC(=O)Nc1ccc2c(c1)C(=O)N([C@@H](C)CO)C[C@H](C)[C@H](CN(C)S(=O)(=O)c1ccc(Cl)cc1)O2. The summed E-state index contributed by atoms with van der Waals surface area (Å²) in [6.45, 7) is 7.25. The third kappa shape index (κ3) is 6.96. The number of urea groups is 1. The van der Waals surface area contributed by atoms with E-state index in [1.807, 2.05) is 20.8 Å². The first-order valence-corrected chi connectivity index (χ1v) is 14.2. The first kappa shape index (κ1) is 29.7. The Labute approximate surface area is 229 Å². The second-order valence-electron chi connectivity index (χ2n) is 9.83. The summed E-state index contributed by atoms with van der Waals surface area (Å²) in [7, 11) is -2.36. The molecular formula is C26H35ClN4O6S. The van der Waals surface area contributed by atoms with Crippen LogP contribution in [-0.2, 0) is 10.0 Å². The van der Waals surface area contributed by atoms with Gasteiger partial charge in [0.25, 0.3) is 5.91 Å². The fourth-order valence-electron chi connectivity index (χ4n) is 4.09. The predicted molar refractivity (Wildman–Crippen MR) is 146 cm³/mol. The molecule has 2 aromatic carbocycles. The third-order valence-electron chi connectivity index (χ3n) is 6.30. The number of rotatable bonds is 8. The normalized spacial score (nSPS) is 18.9. The number of hydrogen-bond donors (Lipinski definition) is 3. The fraction of sp³-hybridized carbons (Fsp3) is 0.462. The summed E-state index contributed by atoms with van der Waals surface area (Å²) in [5.41, 5.74) is 0.593. The number of ether oxygens (including phenoxy) is 1. The highest BCUT2D eigenvalue weighted by molar-refractivity contribution is 7.89. The molecule has 0 aliphatic carbocycles. The number of benzene rings is 2. The zero-order valence-electron chi connectivity index (χ0n) is 22.1. The fourth-order valence-corrected chi connectivity index (χ4v) is 5.39. The monoisotopic (exact) mass is 566 g/mol. The van der Waals surface area contributed by atoms with Crippen molar-refractivity contribution in [1.29, 1.82) is 0 Å². The summed E-state index contributed by atoms with van der Waals surface area (Å²) >= 11 is 5.92. The van der Waals surface area contributed by atoms with E-state index in [-0.39, 0.29) is 53.8 Å². The molecule has 0 spiro atoms. The molecule has 1 aliphatic heterocycles. The van der Waals surface area contributed by atoms with E-state index in [1.165, 1.54) is 41.7 Å². The van der Waals surface area contributed by atoms with Gasteiger partial charge >= 0.3 is 6.03 Å². The number of fused-ring (bicyclic) bond motifs is 1. The molecule has 0 saturated heterocycles. The van der Waals surface area contributed by atoms with Gasteiger partial charge in [-0.05, 0) is 63.2 Å². The molecule has 2 aromatic rings. The highest BCUT2D eigenvalue weighted by atomic mass is 35.5. The van der Waals surface area contributed by atoms with E-state index in [0.717, 1.165) is 0 Å². The lowest BCUT2D eigenvalue weighted by Gasteiger charge is -2.38. The van der Waals surface area contributed by atoms with Crippen LogP contribution in [-0.4, -0.2) is 79.6 Å². The number of likely N-dealkylation sites (N-methyl/N-ethyl adjacent to an activating group) is 1. The summed E-state index contributed by atoms with van der Waals surface area (Å²) in [5, 5.41) is 15.7. The Kier molecular flexibility index (Phi) is 9.64. The Morgan fingerprint density at radius 3 is 2.47 bits per heavy atom. The van der Waals surface area contributed by atoms with Crippen LogP contribution in [0.5, 0.6) is 5.75 Å². The first-order chi connectivity index (χ1) is 17.8. The molecule has 0 fully saturated rings. The Balaban J connectivity index is 1.94. The maximum Gasteiger partial charge on any atom is 0.319 e. The van der Waals surface area contributed by atoms with Gasteiger partial charge in [-0.1, -0.05) is 18.5 Å². The lowest BCUT2D eigenvalue weighted by atomic mass is 9.99. The van der Waals surface area contributed by atoms with Crippen molar-refractivity contribution in [3.63, 3.8) is 0 Å². The lowest BCUT2D eigenvalue weighted by molar-refractivity contribution is 0.0387. The largest absolute Gasteiger partial charge is 0.488 e. The van der Waals surface area contributed by atoms with Crippen molar-refractivity contribution >= 4 is 39.2 Å². The summed E-state index contributed by atoms with van der Waals surface area (Å²) in [6.07, 6.45) is -0.620.